The molecule has 0 bridgehead atoms. The van der Waals surface area contributed by atoms with Gasteiger partial charge in [-0.3, -0.25) is 14.3 Å². The van der Waals surface area contributed by atoms with E-state index in [0.717, 1.165) is 46.4 Å². The summed E-state index contributed by atoms with van der Waals surface area (Å²) < 4.78 is 7.35. The molecular formula is C29H24N4O2S2. The summed E-state index contributed by atoms with van der Waals surface area (Å²) in [5.74, 6) is 1.76. The molecular weight excluding hydrogens is 500 g/mol. The molecule has 0 N–H and O–H groups in total. The summed E-state index contributed by atoms with van der Waals surface area (Å²) in [5.41, 5.74) is 5.18. The molecule has 0 spiro atoms. The van der Waals surface area contributed by atoms with Crippen molar-refractivity contribution >= 4 is 40.4 Å². The highest BCUT2D eigenvalue weighted by Gasteiger charge is 2.26. The highest BCUT2D eigenvalue weighted by Crippen LogP contribution is 2.37. The lowest BCUT2D eigenvalue weighted by Gasteiger charge is -2.25. The Morgan fingerprint density at radius 3 is 2.19 bits per heavy atom. The number of fused-ring (bicyclic) bond motifs is 2. The van der Waals surface area contributed by atoms with E-state index in [1.54, 1.807) is 18.4 Å². The number of hydrogen-bond donors (Lipinski definition) is 0. The Balaban J connectivity index is 1.35. The summed E-state index contributed by atoms with van der Waals surface area (Å²) in [6.07, 6.45) is 1.81. The molecule has 5 aromatic rings. The Morgan fingerprint density at radius 1 is 0.892 bits per heavy atom. The first-order valence-corrected chi connectivity index (χ1v) is 13.8. The molecule has 37 heavy (non-hydrogen) atoms. The van der Waals surface area contributed by atoms with Crippen molar-refractivity contribution in [2.75, 3.05) is 17.8 Å². The zero-order valence-corrected chi connectivity index (χ0v) is 21.8. The average Bonchev–Trinajstić information content (AvgIpc) is 3.59. The average molecular weight is 525 g/mol. The van der Waals surface area contributed by atoms with Crippen molar-refractivity contribution in [1.29, 1.82) is 0 Å². The molecule has 0 saturated heterocycles. The molecule has 0 fully saturated rings. The van der Waals surface area contributed by atoms with Gasteiger partial charge in [-0.2, -0.15) is 0 Å². The maximum atomic E-state index is 13.8. The molecule has 8 heteroatoms. The standard InChI is InChI=1S/C29H24N4O2S2/c1-35-23-16-14-22(15-17-23)32-28(26-11-6-18-36-26)30-31-29(32)37-19-27(34)33-24-9-4-2-7-20(24)12-13-21-8-3-5-10-25(21)33/h2-11,14-18H,12-13,19H2,1H3. The normalized spacial score (nSPS) is 12.5. The van der Waals surface area contributed by atoms with Crippen LogP contribution >= 0.6 is 23.1 Å². The van der Waals surface area contributed by atoms with Gasteiger partial charge in [0, 0.05) is 0 Å². The van der Waals surface area contributed by atoms with E-state index in [0.29, 0.717) is 5.16 Å². The SMILES string of the molecule is COc1ccc(-n2c(SCC(=O)N3c4ccccc4CCc4ccccc43)nnc2-c2cccs2)cc1. The van der Waals surface area contributed by atoms with Crippen LogP contribution in [-0.2, 0) is 17.6 Å². The number of rotatable bonds is 6. The van der Waals surface area contributed by atoms with Crippen LogP contribution < -0.4 is 9.64 Å². The van der Waals surface area contributed by atoms with E-state index >= 15 is 0 Å². The van der Waals surface area contributed by atoms with Crippen LogP contribution in [0.5, 0.6) is 5.75 Å². The number of ether oxygens (including phenoxy) is 1. The lowest BCUT2D eigenvalue weighted by Crippen LogP contribution is -2.28. The lowest BCUT2D eigenvalue weighted by atomic mass is 10.0. The van der Waals surface area contributed by atoms with Gasteiger partial charge in [-0.25, -0.2) is 0 Å². The van der Waals surface area contributed by atoms with Crippen molar-refractivity contribution in [2.24, 2.45) is 0 Å². The van der Waals surface area contributed by atoms with Crippen molar-refractivity contribution in [1.82, 2.24) is 14.8 Å². The molecule has 0 radical (unpaired) electrons. The molecule has 6 rings (SSSR count). The van der Waals surface area contributed by atoms with Crippen molar-refractivity contribution in [2.45, 2.75) is 18.0 Å². The molecule has 3 aromatic carbocycles. The first kappa shape index (κ1) is 23.5. The van der Waals surface area contributed by atoms with Crippen LogP contribution in [0.25, 0.3) is 16.4 Å². The first-order chi connectivity index (χ1) is 18.2. The number of amides is 1. The van der Waals surface area contributed by atoms with Crippen molar-refractivity contribution in [3.63, 3.8) is 0 Å². The van der Waals surface area contributed by atoms with Gasteiger partial charge in [-0.1, -0.05) is 54.2 Å². The summed E-state index contributed by atoms with van der Waals surface area (Å²) in [7, 11) is 1.65. The largest absolute Gasteiger partial charge is 0.497 e. The Morgan fingerprint density at radius 2 is 1.57 bits per heavy atom. The van der Waals surface area contributed by atoms with Crippen molar-refractivity contribution in [3.05, 3.63) is 101 Å². The van der Waals surface area contributed by atoms with Gasteiger partial charge in [0.15, 0.2) is 11.0 Å². The highest BCUT2D eigenvalue weighted by molar-refractivity contribution is 7.99. The minimum absolute atomic E-state index is 0.00811. The quantitative estimate of drug-likeness (QED) is 0.236. The fourth-order valence-corrected chi connectivity index (χ4v) is 6.13. The number of hydrogen-bond acceptors (Lipinski definition) is 6. The van der Waals surface area contributed by atoms with Crippen LogP contribution in [0.1, 0.15) is 11.1 Å². The third-order valence-corrected chi connectivity index (χ3v) is 8.19. The van der Waals surface area contributed by atoms with Gasteiger partial charge >= 0.3 is 0 Å². The van der Waals surface area contributed by atoms with Gasteiger partial charge in [-0.05, 0) is 71.8 Å². The molecule has 0 saturated carbocycles. The summed E-state index contributed by atoms with van der Waals surface area (Å²) >= 11 is 3.01. The maximum Gasteiger partial charge on any atom is 0.242 e. The number of para-hydroxylation sites is 2. The molecule has 184 valence electrons. The van der Waals surface area contributed by atoms with E-state index in [1.165, 1.54) is 22.9 Å². The molecule has 2 aromatic heterocycles. The van der Waals surface area contributed by atoms with Crippen LogP contribution in [0, 0.1) is 0 Å². The summed E-state index contributed by atoms with van der Waals surface area (Å²) in [6, 6.07) is 28.2. The minimum Gasteiger partial charge on any atom is -0.497 e. The zero-order chi connectivity index (χ0) is 25.2. The number of carbonyl (C=O) groups is 1. The molecule has 1 aliphatic rings. The summed E-state index contributed by atoms with van der Waals surface area (Å²) in [5, 5.41) is 11.7. The fraction of sp³-hybridized carbons (Fsp3) is 0.138. The van der Waals surface area contributed by atoms with Gasteiger partial charge in [0.1, 0.15) is 5.75 Å². The summed E-state index contributed by atoms with van der Waals surface area (Å²) in [6.45, 7) is 0. The summed E-state index contributed by atoms with van der Waals surface area (Å²) in [4.78, 5) is 16.7. The van der Waals surface area contributed by atoms with Gasteiger partial charge in [0.25, 0.3) is 0 Å². The molecule has 1 amide bonds. The number of thioether (sulfide) groups is 1. The number of anilines is 2. The molecule has 6 nitrogen and oxygen atoms in total. The van der Waals surface area contributed by atoms with E-state index in [1.807, 2.05) is 87.6 Å². The van der Waals surface area contributed by atoms with E-state index in [-0.39, 0.29) is 11.7 Å². The van der Waals surface area contributed by atoms with Gasteiger partial charge < -0.3 is 4.74 Å². The van der Waals surface area contributed by atoms with Crippen molar-refractivity contribution < 1.29 is 9.53 Å². The van der Waals surface area contributed by atoms with Gasteiger partial charge in [0.05, 0.1) is 34.8 Å². The topological polar surface area (TPSA) is 60.2 Å². The second-order valence-electron chi connectivity index (χ2n) is 8.59. The van der Waals surface area contributed by atoms with Gasteiger partial charge in [0.2, 0.25) is 5.91 Å². The van der Waals surface area contributed by atoms with Crippen LogP contribution in [-0.4, -0.2) is 33.5 Å². The molecule has 0 aliphatic carbocycles. The smallest absolute Gasteiger partial charge is 0.242 e. The molecule has 0 unspecified atom stereocenters. The zero-order valence-electron chi connectivity index (χ0n) is 20.2. The number of thiophene rings is 1. The van der Waals surface area contributed by atoms with Crippen LogP contribution in [0.2, 0.25) is 0 Å². The predicted octanol–water partition coefficient (Wildman–Crippen LogP) is 6.56. The monoisotopic (exact) mass is 524 g/mol. The van der Waals surface area contributed by atoms with Crippen LogP contribution in [0.3, 0.4) is 0 Å². The van der Waals surface area contributed by atoms with Gasteiger partial charge in [-0.15, -0.1) is 21.5 Å². The number of aromatic nitrogens is 3. The van der Waals surface area contributed by atoms with Crippen LogP contribution in [0.15, 0.2) is 95.5 Å². The molecule has 0 atom stereocenters. The van der Waals surface area contributed by atoms with E-state index < -0.39 is 0 Å². The van der Waals surface area contributed by atoms with Crippen LogP contribution in [0.4, 0.5) is 11.4 Å². The van der Waals surface area contributed by atoms with E-state index in [4.69, 9.17) is 4.74 Å². The lowest BCUT2D eigenvalue weighted by molar-refractivity contribution is -0.115. The van der Waals surface area contributed by atoms with E-state index in [9.17, 15) is 4.79 Å². The highest BCUT2D eigenvalue weighted by atomic mass is 32.2. The second-order valence-corrected chi connectivity index (χ2v) is 10.5. The third kappa shape index (κ3) is 4.54. The Kier molecular flexibility index (Phi) is 6.51. The maximum absolute atomic E-state index is 13.8. The Hall–Kier alpha value is -3.88. The number of carbonyl (C=O) groups excluding carboxylic acids is 1. The molecule has 3 heterocycles. The fourth-order valence-electron chi connectivity index (χ4n) is 4.63. The van der Waals surface area contributed by atoms with Crippen molar-refractivity contribution in [3.8, 4) is 22.1 Å². The molecule has 1 aliphatic heterocycles. The Labute approximate surface area is 223 Å². The Bertz CT molecular complexity index is 1500. The number of methoxy groups -OCH3 is 1. The number of nitrogens with zero attached hydrogens (tertiary/aromatic N) is 4. The van der Waals surface area contributed by atoms with E-state index in [2.05, 4.69) is 22.3 Å². The predicted molar refractivity (Wildman–Crippen MR) is 149 cm³/mol. The first-order valence-electron chi connectivity index (χ1n) is 12.0. The second kappa shape index (κ2) is 10.2. The number of aryl methyl sites for hydroxylation is 2. The third-order valence-electron chi connectivity index (χ3n) is 6.41. The minimum atomic E-state index is 0.00811. The number of benzene rings is 3.